The predicted octanol–water partition coefficient (Wildman–Crippen LogP) is 3.63. The van der Waals surface area contributed by atoms with Gasteiger partial charge in [-0.15, -0.1) is 0 Å². The van der Waals surface area contributed by atoms with Crippen LogP contribution in [0.5, 0.6) is 0 Å². The summed E-state index contributed by atoms with van der Waals surface area (Å²) in [7, 11) is -3.47. The number of nitrogens with zero attached hydrogens (tertiary/aromatic N) is 1. The largest absolute Gasteiger partial charge is 0.330 e. The van der Waals surface area contributed by atoms with E-state index in [-0.39, 0.29) is 11.8 Å². The summed E-state index contributed by atoms with van der Waals surface area (Å²) in [6, 6.07) is 7.00. The lowest BCUT2D eigenvalue weighted by atomic mass is 10.0. The third kappa shape index (κ3) is 5.12. The quantitative estimate of drug-likeness (QED) is 0.618. The van der Waals surface area contributed by atoms with E-state index in [0.717, 1.165) is 5.56 Å². The van der Waals surface area contributed by atoms with Gasteiger partial charge in [-0.1, -0.05) is 24.6 Å². The number of hydrogen-bond donors (Lipinski definition) is 0. The van der Waals surface area contributed by atoms with Crippen LogP contribution in [0.2, 0.25) is 0 Å². The Hall–Kier alpha value is -0.300. The van der Waals surface area contributed by atoms with E-state index in [1.54, 1.807) is 16.4 Å². The molecular formula is C17H28NO4PS2. The molecule has 1 aliphatic heterocycles. The SMILES string of the molecule is CCOP(=S)(C[C@H]1CN(S(=O)(=O)c2ccc(C)cc2)C[C@H]1C)OCC. The van der Waals surface area contributed by atoms with Gasteiger partial charge >= 0.3 is 0 Å². The zero-order valence-corrected chi connectivity index (χ0v) is 17.9. The fourth-order valence-corrected chi connectivity index (χ4v) is 8.03. The minimum Gasteiger partial charge on any atom is -0.330 e. The smallest absolute Gasteiger partial charge is 0.243 e. The van der Waals surface area contributed by atoms with Crippen LogP contribution in [0.3, 0.4) is 0 Å². The lowest BCUT2D eigenvalue weighted by molar-refractivity contribution is 0.260. The van der Waals surface area contributed by atoms with E-state index in [0.29, 0.717) is 37.4 Å². The van der Waals surface area contributed by atoms with E-state index in [1.165, 1.54) is 0 Å². The second kappa shape index (κ2) is 8.59. The molecular weight excluding hydrogens is 377 g/mol. The van der Waals surface area contributed by atoms with Crippen LogP contribution in [0.15, 0.2) is 29.2 Å². The number of benzene rings is 1. The van der Waals surface area contributed by atoms with Crippen molar-refractivity contribution >= 4 is 28.3 Å². The summed E-state index contributed by atoms with van der Waals surface area (Å²) >= 11 is 5.63. The Morgan fingerprint density at radius 1 is 1.16 bits per heavy atom. The molecule has 0 aromatic heterocycles. The Kier molecular flexibility index (Phi) is 7.22. The molecule has 1 heterocycles. The van der Waals surface area contributed by atoms with Crippen molar-refractivity contribution in [1.82, 2.24) is 4.31 Å². The Balaban J connectivity index is 2.14. The van der Waals surface area contributed by atoms with Crippen molar-refractivity contribution < 1.29 is 17.5 Å². The number of aryl methyl sites for hydroxylation is 1. The molecule has 8 heteroatoms. The molecule has 0 unspecified atom stereocenters. The fourth-order valence-electron chi connectivity index (χ4n) is 3.10. The average Bonchev–Trinajstić information content (AvgIpc) is 2.89. The maximum atomic E-state index is 12.9. The lowest BCUT2D eigenvalue weighted by Crippen LogP contribution is -2.29. The molecule has 0 spiro atoms. The van der Waals surface area contributed by atoms with Crippen molar-refractivity contribution in [2.75, 3.05) is 32.5 Å². The van der Waals surface area contributed by atoms with Crippen LogP contribution in [0.1, 0.15) is 26.3 Å². The second-order valence-electron chi connectivity index (χ2n) is 6.50. The molecule has 1 fully saturated rings. The average molecular weight is 406 g/mol. The van der Waals surface area contributed by atoms with Gasteiger partial charge in [-0.05, 0) is 56.5 Å². The van der Waals surface area contributed by atoms with Gasteiger partial charge in [-0.2, -0.15) is 4.31 Å². The summed E-state index contributed by atoms with van der Waals surface area (Å²) in [5, 5.41) is 0. The maximum absolute atomic E-state index is 12.9. The van der Waals surface area contributed by atoms with E-state index < -0.39 is 16.5 Å². The molecule has 0 saturated carbocycles. The molecule has 0 radical (unpaired) electrons. The fraction of sp³-hybridized carbons (Fsp3) is 0.647. The first kappa shape index (κ1) is 21.0. The minimum atomic E-state index is -3.47. The Labute approximate surface area is 156 Å². The molecule has 0 aliphatic carbocycles. The summed E-state index contributed by atoms with van der Waals surface area (Å²) in [5.41, 5.74) is 1.04. The van der Waals surface area contributed by atoms with Gasteiger partial charge in [0.1, 0.15) is 0 Å². The number of sulfonamides is 1. The van der Waals surface area contributed by atoms with Crippen LogP contribution in [0, 0.1) is 18.8 Å². The summed E-state index contributed by atoms with van der Waals surface area (Å²) in [5.74, 6) is 0.382. The topological polar surface area (TPSA) is 55.8 Å². The molecule has 1 aromatic rings. The van der Waals surface area contributed by atoms with Crippen LogP contribution in [0.25, 0.3) is 0 Å². The number of rotatable bonds is 8. The van der Waals surface area contributed by atoms with E-state index in [9.17, 15) is 8.42 Å². The monoisotopic (exact) mass is 405 g/mol. The molecule has 2 rings (SSSR count). The highest BCUT2D eigenvalue weighted by Crippen LogP contribution is 2.52. The van der Waals surface area contributed by atoms with Gasteiger partial charge in [-0.3, -0.25) is 0 Å². The summed E-state index contributed by atoms with van der Waals surface area (Å²) in [6.07, 6.45) is 0.616. The maximum Gasteiger partial charge on any atom is 0.243 e. The van der Waals surface area contributed by atoms with E-state index in [1.807, 2.05) is 32.9 Å². The Morgan fingerprint density at radius 2 is 1.72 bits per heavy atom. The van der Waals surface area contributed by atoms with Gasteiger partial charge < -0.3 is 9.05 Å². The van der Waals surface area contributed by atoms with Crippen LogP contribution >= 0.6 is 6.49 Å². The van der Waals surface area contributed by atoms with Crippen molar-refractivity contribution in [3.63, 3.8) is 0 Å². The third-order valence-electron chi connectivity index (χ3n) is 4.50. The van der Waals surface area contributed by atoms with Crippen LogP contribution in [-0.2, 0) is 30.9 Å². The highest BCUT2D eigenvalue weighted by atomic mass is 32.5. The van der Waals surface area contributed by atoms with Gasteiger partial charge in [0.05, 0.1) is 18.1 Å². The Bertz CT molecular complexity index is 711. The first-order chi connectivity index (χ1) is 11.7. The summed E-state index contributed by atoms with van der Waals surface area (Å²) in [6.45, 7) is 7.50. The summed E-state index contributed by atoms with van der Waals surface area (Å²) in [4.78, 5) is 0.347. The molecule has 1 aliphatic rings. The highest BCUT2D eigenvalue weighted by molar-refractivity contribution is 8.09. The van der Waals surface area contributed by atoms with Crippen LogP contribution in [-0.4, -0.2) is 45.2 Å². The first-order valence-corrected chi connectivity index (χ1v) is 12.9. The second-order valence-corrected chi connectivity index (χ2v) is 12.2. The highest BCUT2D eigenvalue weighted by Gasteiger charge is 2.39. The number of hydrogen-bond acceptors (Lipinski definition) is 5. The van der Waals surface area contributed by atoms with Crippen molar-refractivity contribution in [2.45, 2.75) is 32.6 Å². The molecule has 1 aromatic carbocycles. The zero-order valence-electron chi connectivity index (χ0n) is 15.3. The molecule has 25 heavy (non-hydrogen) atoms. The van der Waals surface area contributed by atoms with Crippen molar-refractivity contribution in [2.24, 2.45) is 11.8 Å². The third-order valence-corrected chi connectivity index (χ3v) is 9.65. The van der Waals surface area contributed by atoms with Crippen molar-refractivity contribution in [1.29, 1.82) is 0 Å². The minimum absolute atomic E-state index is 0.157. The molecule has 2 atom stereocenters. The van der Waals surface area contributed by atoms with Gasteiger partial charge in [0.15, 0.2) is 6.49 Å². The lowest BCUT2D eigenvalue weighted by Gasteiger charge is -2.25. The molecule has 5 nitrogen and oxygen atoms in total. The zero-order chi connectivity index (χ0) is 18.7. The standard InChI is InChI=1S/C17H28NO4PS2/c1-5-21-23(24,22-6-2)13-16-12-18(11-15(16)4)25(19,20)17-9-7-14(3)8-10-17/h7-10,15-16H,5-6,11-13H2,1-4H3/t15-,16-/m1/s1. The van der Waals surface area contributed by atoms with Gasteiger partial charge in [0, 0.05) is 19.3 Å². The predicted molar refractivity (Wildman–Crippen MR) is 105 cm³/mol. The van der Waals surface area contributed by atoms with E-state index in [4.69, 9.17) is 20.9 Å². The van der Waals surface area contributed by atoms with Crippen LogP contribution < -0.4 is 0 Å². The summed E-state index contributed by atoms with van der Waals surface area (Å²) < 4.78 is 38.8. The van der Waals surface area contributed by atoms with Gasteiger partial charge in [-0.25, -0.2) is 8.42 Å². The van der Waals surface area contributed by atoms with Crippen molar-refractivity contribution in [3.05, 3.63) is 29.8 Å². The van der Waals surface area contributed by atoms with Gasteiger partial charge in [0.25, 0.3) is 0 Å². The normalized spacial score (nSPS) is 22.4. The molecule has 0 amide bonds. The van der Waals surface area contributed by atoms with E-state index >= 15 is 0 Å². The molecule has 142 valence electrons. The molecule has 1 saturated heterocycles. The van der Waals surface area contributed by atoms with Crippen LogP contribution in [0.4, 0.5) is 0 Å². The van der Waals surface area contributed by atoms with Gasteiger partial charge in [0.2, 0.25) is 10.0 Å². The Morgan fingerprint density at radius 3 is 2.24 bits per heavy atom. The first-order valence-electron chi connectivity index (χ1n) is 8.66. The molecule has 0 bridgehead atoms. The van der Waals surface area contributed by atoms with Crippen molar-refractivity contribution in [3.8, 4) is 0 Å². The van der Waals surface area contributed by atoms with E-state index in [2.05, 4.69) is 6.92 Å². The molecule has 0 N–H and O–H groups in total.